The first-order chi connectivity index (χ1) is 5.11. The van der Waals surface area contributed by atoms with Crippen LogP contribution in [-0.2, 0) is 10.0 Å². The van der Waals surface area contributed by atoms with Gasteiger partial charge in [-0.3, -0.25) is 0 Å². The molecule has 0 fully saturated rings. The summed E-state index contributed by atoms with van der Waals surface area (Å²) in [7, 11) is 3.68. The molecule has 5 heteroatoms. The van der Waals surface area contributed by atoms with Crippen LogP contribution in [0.4, 0.5) is 4.39 Å². The van der Waals surface area contributed by atoms with E-state index in [0.717, 1.165) is 0 Å². The van der Waals surface area contributed by atoms with Crippen molar-refractivity contribution >= 4 is 36.6 Å². The molecule has 0 radical (unpaired) electrons. The first kappa shape index (κ1) is 9.16. The second-order valence-electron chi connectivity index (χ2n) is 1.80. The molecule has 0 aromatic heterocycles. The van der Waals surface area contributed by atoms with Gasteiger partial charge in [0.05, 0.1) is 9.37 Å². The molecular weight excluding hydrogens is 254 g/mol. The second-order valence-corrected chi connectivity index (χ2v) is 4.41. The van der Waals surface area contributed by atoms with E-state index in [1.165, 1.54) is 18.2 Å². The molecule has 0 N–H and O–H groups in total. The van der Waals surface area contributed by atoms with Crippen LogP contribution < -0.4 is 0 Å². The summed E-state index contributed by atoms with van der Waals surface area (Å²) in [6.45, 7) is 0. The highest BCUT2D eigenvalue weighted by Gasteiger charge is 2.03. The van der Waals surface area contributed by atoms with E-state index in [4.69, 9.17) is 10.7 Å². The van der Waals surface area contributed by atoms with Crippen LogP contribution in [0.15, 0.2) is 27.6 Å². The monoisotopic (exact) mass is 256 g/mol. The van der Waals surface area contributed by atoms with E-state index in [0.29, 0.717) is 4.90 Å². The Kier molecular flexibility index (Phi) is 3.04. The third kappa shape index (κ3) is 2.25. The average Bonchev–Trinajstić information content (AvgIpc) is 1.94. The lowest BCUT2D eigenvalue weighted by Crippen LogP contribution is -1.83. The molecule has 0 bridgehead atoms. The zero-order chi connectivity index (χ0) is 8.43. The molecule has 0 aliphatic heterocycles. The van der Waals surface area contributed by atoms with Gasteiger partial charge in [-0.25, -0.2) is 8.60 Å². The third-order valence-electron chi connectivity index (χ3n) is 1.08. The van der Waals surface area contributed by atoms with Gasteiger partial charge in [-0.1, -0.05) is 0 Å². The van der Waals surface area contributed by atoms with Crippen molar-refractivity contribution in [1.29, 1.82) is 0 Å². The highest BCUT2D eigenvalue weighted by Crippen LogP contribution is 2.19. The first-order valence-corrected chi connectivity index (χ1v) is 5.41. The van der Waals surface area contributed by atoms with Gasteiger partial charge in [-0.15, -0.1) is 0 Å². The summed E-state index contributed by atoms with van der Waals surface area (Å²) >= 11 is 2.95. The summed E-state index contributed by atoms with van der Waals surface area (Å²) in [5.41, 5.74) is 0. The Hall–Kier alpha value is 0.0700. The van der Waals surface area contributed by atoms with Crippen LogP contribution in [-0.4, -0.2) is 4.21 Å². The van der Waals surface area contributed by atoms with Gasteiger partial charge in [0, 0.05) is 0 Å². The SMILES string of the molecule is O=S(Cl)c1ccc(F)c(Br)c1. The van der Waals surface area contributed by atoms with Gasteiger partial charge in [0.2, 0.25) is 0 Å². The molecule has 11 heavy (non-hydrogen) atoms. The van der Waals surface area contributed by atoms with Crippen LogP contribution in [0.3, 0.4) is 0 Å². The zero-order valence-corrected chi connectivity index (χ0v) is 8.34. The standard InChI is InChI=1S/C6H3BrClFOS/c7-5-3-4(11(8)10)1-2-6(5)9/h1-3H. The molecule has 1 aromatic rings. The average molecular weight is 258 g/mol. The molecule has 0 saturated carbocycles. The van der Waals surface area contributed by atoms with Crippen molar-refractivity contribution in [3.63, 3.8) is 0 Å². The van der Waals surface area contributed by atoms with Crippen molar-refractivity contribution in [3.05, 3.63) is 28.5 Å². The number of hydrogen-bond donors (Lipinski definition) is 0. The van der Waals surface area contributed by atoms with Crippen LogP contribution in [0.2, 0.25) is 0 Å². The summed E-state index contributed by atoms with van der Waals surface area (Å²) in [6, 6.07) is 3.97. The fourth-order valence-electron chi connectivity index (χ4n) is 0.577. The summed E-state index contributed by atoms with van der Waals surface area (Å²) in [5.74, 6) is -0.393. The normalized spacial score (nSPS) is 13.0. The van der Waals surface area contributed by atoms with Crippen LogP contribution in [0.25, 0.3) is 0 Å². The molecule has 1 nitrogen and oxygen atoms in total. The predicted octanol–water partition coefficient (Wildman–Crippen LogP) is 2.85. The van der Waals surface area contributed by atoms with Crippen molar-refractivity contribution in [2.75, 3.05) is 0 Å². The van der Waals surface area contributed by atoms with Crippen molar-refractivity contribution in [2.24, 2.45) is 0 Å². The molecule has 0 amide bonds. The highest BCUT2D eigenvalue weighted by molar-refractivity contribution is 9.10. The molecule has 60 valence electrons. The molecule has 1 rings (SSSR count). The van der Waals surface area contributed by atoms with Crippen molar-refractivity contribution in [3.8, 4) is 0 Å². The van der Waals surface area contributed by atoms with E-state index < -0.39 is 15.8 Å². The van der Waals surface area contributed by atoms with E-state index in [-0.39, 0.29) is 4.47 Å². The van der Waals surface area contributed by atoms with Gasteiger partial charge in [0.15, 0.2) is 0 Å². The number of halogens is 3. The highest BCUT2D eigenvalue weighted by atomic mass is 79.9. The zero-order valence-electron chi connectivity index (χ0n) is 5.18. The molecule has 0 aliphatic rings. The Morgan fingerprint density at radius 2 is 2.18 bits per heavy atom. The number of rotatable bonds is 1. The molecule has 1 unspecified atom stereocenters. The van der Waals surface area contributed by atoms with Gasteiger partial charge in [0.1, 0.15) is 15.8 Å². The molecular formula is C6H3BrClFOS. The van der Waals surface area contributed by atoms with Crippen molar-refractivity contribution in [1.82, 2.24) is 0 Å². The Balaban J connectivity index is 3.15. The molecule has 1 atom stereocenters. The minimum Gasteiger partial charge on any atom is -0.237 e. The van der Waals surface area contributed by atoms with Gasteiger partial charge >= 0.3 is 0 Å². The Morgan fingerprint density at radius 3 is 2.64 bits per heavy atom. The van der Waals surface area contributed by atoms with Crippen molar-refractivity contribution in [2.45, 2.75) is 4.90 Å². The predicted molar refractivity (Wildman–Crippen MR) is 46.4 cm³/mol. The largest absolute Gasteiger partial charge is 0.237 e. The lowest BCUT2D eigenvalue weighted by atomic mass is 10.3. The maximum Gasteiger partial charge on any atom is 0.147 e. The first-order valence-electron chi connectivity index (χ1n) is 2.64. The van der Waals surface area contributed by atoms with Crippen molar-refractivity contribution < 1.29 is 8.60 Å². The Labute approximate surface area is 78.6 Å². The number of benzene rings is 1. The molecule has 0 saturated heterocycles. The van der Waals surface area contributed by atoms with Gasteiger partial charge < -0.3 is 0 Å². The van der Waals surface area contributed by atoms with E-state index >= 15 is 0 Å². The van der Waals surface area contributed by atoms with E-state index in [1.54, 1.807) is 0 Å². The molecule has 1 aromatic carbocycles. The van der Waals surface area contributed by atoms with Crippen LogP contribution in [0.5, 0.6) is 0 Å². The van der Waals surface area contributed by atoms with Crippen LogP contribution in [0, 0.1) is 5.82 Å². The fourth-order valence-corrected chi connectivity index (χ4v) is 1.78. The van der Waals surface area contributed by atoms with E-state index in [2.05, 4.69) is 15.9 Å². The summed E-state index contributed by atoms with van der Waals surface area (Å²) in [4.78, 5) is 0.389. The molecule has 0 spiro atoms. The van der Waals surface area contributed by atoms with E-state index in [1.807, 2.05) is 0 Å². The summed E-state index contributed by atoms with van der Waals surface area (Å²) < 4.78 is 23.5. The fraction of sp³-hybridized carbons (Fsp3) is 0. The lowest BCUT2D eigenvalue weighted by Gasteiger charge is -1.95. The summed E-state index contributed by atoms with van der Waals surface area (Å²) in [6.07, 6.45) is 0. The smallest absolute Gasteiger partial charge is 0.147 e. The quantitative estimate of drug-likeness (QED) is 0.707. The number of hydrogen-bond acceptors (Lipinski definition) is 1. The maximum atomic E-state index is 12.6. The topological polar surface area (TPSA) is 17.1 Å². The lowest BCUT2D eigenvalue weighted by molar-refractivity contribution is 0.619. The minimum absolute atomic E-state index is 0.268. The van der Waals surface area contributed by atoms with Crippen LogP contribution >= 0.6 is 26.6 Å². The molecule has 0 heterocycles. The van der Waals surface area contributed by atoms with Crippen LogP contribution in [0.1, 0.15) is 0 Å². The Bertz CT molecular complexity index is 305. The van der Waals surface area contributed by atoms with Gasteiger partial charge in [0.25, 0.3) is 0 Å². The second kappa shape index (κ2) is 3.65. The van der Waals surface area contributed by atoms with Gasteiger partial charge in [-0.05, 0) is 44.8 Å². The summed E-state index contributed by atoms with van der Waals surface area (Å²) in [5, 5.41) is 0. The van der Waals surface area contributed by atoms with Gasteiger partial charge in [-0.2, -0.15) is 0 Å². The Morgan fingerprint density at radius 1 is 1.55 bits per heavy atom. The minimum atomic E-state index is -1.57. The third-order valence-corrected chi connectivity index (χ3v) is 2.84. The molecule has 0 aliphatic carbocycles. The van der Waals surface area contributed by atoms with E-state index in [9.17, 15) is 8.60 Å². The maximum absolute atomic E-state index is 12.6.